The number of esters is 1. The fourth-order valence-electron chi connectivity index (χ4n) is 3.14. The average molecular weight is 385 g/mol. The lowest BCUT2D eigenvalue weighted by atomic mass is 10.0. The van der Waals surface area contributed by atoms with Gasteiger partial charge in [-0.3, -0.25) is 0 Å². The van der Waals surface area contributed by atoms with Crippen LogP contribution in [0, 0.1) is 5.92 Å². The Morgan fingerprint density at radius 2 is 2.14 bits per heavy atom. The third kappa shape index (κ3) is 6.59. The van der Waals surface area contributed by atoms with Crippen molar-refractivity contribution in [2.75, 3.05) is 0 Å². The van der Waals surface area contributed by atoms with Crippen LogP contribution in [-0.2, 0) is 16.0 Å². The van der Waals surface area contributed by atoms with Crippen LogP contribution in [0.5, 0.6) is 0 Å². The smallest absolute Gasteiger partial charge is 0.338 e. The van der Waals surface area contributed by atoms with Gasteiger partial charge in [0.05, 0.1) is 18.1 Å². The zero-order valence-electron chi connectivity index (χ0n) is 17.4. The summed E-state index contributed by atoms with van der Waals surface area (Å²) in [6, 6.07) is 2.02. The molecule has 152 valence electrons. The molecule has 0 bridgehead atoms. The average Bonchev–Trinajstić information content (AvgIpc) is 3.26. The van der Waals surface area contributed by atoms with E-state index < -0.39 is 12.1 Å². The van der Waals surface area contributed by atoms with Crippen molar-refractivity contribution in [2.24, 2.45) is 5.92 Å². The largest absolute Gasteiger partial charge is 0.507 e. The molecule has 2 rings (SSSR count). The molecule has 0 aliphatic carbocycles. The molecule has 0 aromatic carbocycles. The van der Waals surface area contributed by atoms with Gasteiger partial charge >= 0.3 is 5.97 Å². The number of aryl methyl sites for hydroxylation is 1. The number of aliphatic hydroxyl groups excluding tert-OH is 1. The highest BCUT2D eigenvalue weighted by molar-refractivity contribution is 5.91. The lowest BCUT2D eigenvalue weighted by Crippen LogP contribution is -2.13. The third-order valence-electron chi connectivity index (χ3n) is 5.10. The van der Waals surface area contributed by atoms with Gasteiger partial charge in [0.15, 0.2) is 6.10 Å². The zero-order chi connectivity index (χ0) is 20.5. The Balaban J connectivity index is 1.69. The second-order valence-corrected chi connectivity index (χ2v) is 7.68. The molecule has 1 N–H and O–H groups in total. The molecule has 1 aliphatic heterocycles. The third-order valence-corrected chi connectivity index (χ3v) is 5.10. The molecular formula is C24H32O4. The lowest BCUT2D eigenvalue weighted by molar-refractivity contribution is -0.138. The fraction of sp³-hybridized carbons (Fsp3) is 0.458. The van der Waals surface area contributed by atoms with Crippen LogP contribution in [-0.4, -0.2) is 17.2 Å². The van der Waals surface area contributed by atoms with Crippen molar-refractivity contribution in [1.29, 1.82) is 0 Å². The maximum Gasteiger partial charge on any atom is 0.338 e. The van der Waals surface area contributed by atoms with Gasteiger partial charge in [0.1, 0.15) is 5.76 Å². The molecule has 2 heterocycles. The maximum atomic E-state index is 11.5. The Bertz CT molecular complexity index is 763. The highest BCUT2D eigenvalue weighted by atomic mass is 16.6. The molecule has 0 saturated carbocycles. The van der Waals surface area contributed by atoms with Crippen LogP contribution in [0.4, 0.5) is 0 Å². The summed E-state index contributed by atoms with van der Waals surface area (Å²) < 4.78 is 10.3. The number of furan rings is 1. The van der Waals surface area contributed by atoms with Crippen LogP contribution in [0.3, 0.4) is 0 Å². The van der Waals surface area contributed by atoms with E-state index in [4.69, 9.17) is 9.15 Å². The molecule has 0 amide bonds. The summed E-state index contributed by atoms with van der Waals surface area (Å²) in [5.41, 5.74) is 3.82. The van der Waals surface area contributed by atoms with Crippen molar-refractivity contribution in [2.45, 2.75) is 65.9 Å². The topological polar surface area (TPSA) is 59.7 Å². The van der Waals surface area contributed by atoms with Gasteiger partial charge in [-0.25, -0.2) is 4.79 Å². The van der Waals surface area contributed by atoms with Crippen molar-refractivity contribution in [1.82, 2.24) is 0 Å². The van der Waals surface area contributed by atoms with Gasteiger partial charge in [-0.05, 0) is 76.0 Å². The number of aliphatic hydroxyl groups is 1. The first-order chi connectivity index (χ1) is 13.4. The zero-order valence-corrected chi connectivity index (χ0v) is 17.4. The molecule has 0 fully saturated rings. The molecule has 0 saturated heterocycles. The summed E-state index contributed by atoms with van der Waals surface area (Å²) in [7, 11) is 0. The van der Waals surface area contributed by atoms with Gasteiger partial charge < -0.3 is 14.3 Å². The summed E-state index contributed by atoms with van der Waals surface area (Å²) in [6.45, 7) is 7.84. The normalized spacial score (nSPS) is 19.6. The second-order valence-electron chi connectivity index (χ2n) is 7.68. The van der Waals surface area contributed by atoms with Crippen LogP contribution < -0.4 is 0 Å². The van der Waals surface area contributed by atoms with Gasteiger partial charge in [-0.15, -0.1) is 0 Å². The standard InChI is InChI=1S/C24H32O4/c1-17(8-5-9-18(2)11-7-13-21-14-15-27-16-21)10-6-12-19(3)23-22(25)20(4)24(26)28-23/h5,8-9,12,14-17,23,25H,6-7,10-11,13H2,1-4H3. The van der Waals surface area contributed by atoms with E-state index in [0.29, 0.717) is 11.5 Å². The van der Waals surface area contributed by atoms with E-state index in [1.165, 1.54) is 11.1 Å². The first-order valence-electron chi connectivity index (χ1n) is 10.0. The minimum atomic E-state index is -0.606. The van der Waals surface area contributed by atoms with Gasteiger partial charge in [-0.2, -0.15) is 0 Å². The van der Waals surface area contributed by atoms with E-state index in [9.17, 15) is 9.90 Å². The van der Waals surface area contributed by atoms with Gasteiger partial charge in [0, 0.05) is 0 Å². The molecule has 28 heavy (non-hydrogen) atoms. The summed E-state index contributed by atoms with van der Waals surface area (Å²) in [5, 5.41) is 9.96. The molecule has 0 spiro atoms. The first-order valence-corrected chi connectivity index (χ1v) is 10.0. The number of carbonyl (C=O) groups excluding carboxylic acids is 1. The van der Waals surface area contributed by atoms with Crippen molar-refractivity contribution in [3.8, 4) is 0 Å². The molecule has 1 aromatic rings. The van der Waals surface area contributed by atoms with Crippen molar-refractivity contribution >= 4 is 5.97 Å². The Kier molecular flexibility index (Phi) is 8.37. The van der Waals surface area contributed by atoms with Crippen LogP contribution in [0.15, 0.2) is 69.8 Å². The summed E-state index contributed by atoms with van der Waals surface area (Å²) in [4.78, 5) is 11.5. The molecule has 1 aromatic heterocycles. The van der Waals surface area contributed by atoms with Crippen LogP contribution >= 0.6 is 0 Å². The van der Waals surface area contributed by atoms with Crippen LogP contribution in [0.25, 0.3) is 0 Å². The molecular weight excluding hydrogens is 352 g/mol. The lowest BCUT2D eigenvalue weighted by Gasteiger charge is -2.11. The Morgan fingerprint density at radius 1 is 1.36 bits per heavy atom. The number of allylic oxidation sites excluding steroid dienone is 5. The van der Waals surface area contributed by atoms with E-state index in [0.717, 1.165) is 37.7 Å². The van der Waals surface area contributed by atoms with E-state index in [-0.39, 0.29) is 5.76 Å². The number of rotatable bonds is 10. The second kappa shape index (κ2) is 10.7. The number of cyclic esters (lactones) is 1. The fourth-order valence-corrected chi connectivity index (χ4v) is 3.14. The monoisotopic (exact) mass is 384 g/mol. The Hall–Kier alpha value is -2.49. The van der Waals surface area contributed by atoms with E-state index in [2.05, 4.69) is 32.1 Å². The predicted octanol–water partition coefficient (Wildman–Crippen LogP) is 6.22. The van der Waals surface area contributed by atoms with Crippen LogP contribution in [0.1, 0.15) is 58.9 Å². The van der Waals surface area contributed by atoms with E-state index in [1.807, 2.05) is 25.3 Å². The van der Waals surface area contributed by atoms with Gasteiger partial charge in [0.2, 0.25) is 0 Å². The molecule has 1 aliphatic rings. The van der Waals surface area contributed by atoms with E-state index >= 15 is 0 Å². The molecule has 2 atom stereocenters. The molecule has 4 heteroatoms. The minimum absolute atomic E-state index is 0.0417. The van der Waals surface area contributed by atoms with Crippen LogP contribution in [0.2, 0.25) is 0 Å². The Morgan fingerprint density at radius 3 is 2.79 bits per heavy atom. The highest BCUT2D eigenvalue weighted by Gasteiger charge is 2.32. The number of ether oxygens (including phenoxy) is 1. The van der Waals surface area contributed by atoms with Crippen molar-refractivity contribution in [3.05, 3.63) is 70.9 Å². The van der Waals surface area contributed by atoms with Gasteiger partial charge in [0.25, 0.3) is 0 Å². The molecule has 0 radical (unpaired) electrons. The maximum absolute atomic E-state index is 11.5. The van der Waals surface area contributed by atoms with Crippen molar-refractivity contribution < 1.29 is 19.1 Å². The number of hydrogen-bond donors (Lipinski definition) is 1. The van der Waals surface area contributed by atoms with Gasteiger partial charge in [-0.1, -0.05) is 36.8 Å². The number of carbonyl (C=O) groups is 1. The van der Waals surface area contributed by atoms with Crippen molar-refractivity contribution in [3.63, 3.8) is 0 Å². The number of hydrogen-bond acceptors (Lipinski definition) is 4. The summed E-state index contributed by atoms with van der Waals surface area (Å²) in [6.07, 6.45) is 16.7. The summed E-state index contributed by atoms with van der Waals surface area (Å²) >= 11 is 0. The first kappa shape index (κ1) is 21.8. The predicted molar refractivity (Wildman–Crippen MR) is 112 cm³/mol. The minimum Gasteiger partial charge on any atom is -0.507 e. The molecule has 4 nitrogen and oxygen atoms in total. The molecule has 2 unspecified atom stereocenters. The quantitative estimate of drug-likeness (QED) is 0.295. The Labute approximate surface area is 168 Å². The summed E-state index contributed by atoms with van der Waals surface area (Å²) in [5.74, 6) is 0.0644. The SMILES string of the molecule is CC(=CC=CC(C)CCC=C(C)C1OC(=O)C(C)=C1O)CCCc1ccoc1. The highest BCUT2D eigenvalue weighted by Crippen LogP contribution is 2.26. The van der Waals surface area contributed by atoms with E-state index in [1.54, 1.807) is 13.2 Å².